The van der Waals surface area contributed by atoms with Crippen LogP contribution in [0.4, 0.5) is 22.7 Å². The van der Waals surface area contributed by atoms with Crippen LogP contribution in [0.15, 0.2) is 77.9 Å². The lowest BCUT2D eigenvalue weighted by Crippen LogP contribution is -2.33. The number of nitrogens with zero attached hydrogens (tertiary/aromatic N) is 1. The molecule has 0 radical (unpaired) electrons. The fourth-order valence-corrected chi connectivity index (χ4v) is 3.10. The minimum Gasteiger partial charge on any atom is -0.356 e. The second-order valence-electron chi connectivity index (χ2n) is 7.45. The first-order valence-electron chi connectivity index (χ1n) is 10.4. The Morgan fingerprint density at radius 1 is 0.794 bits per heavy atom. The third kappa shape index (κ3) is 7.18. The maximum absolute atomic E-state index is 12.3. The quantitative estimate of drug-likeness (QED) is 0.221. The summed E-state index contributed by atoms with van der Waals surface area (Å²) in [5.74, 6) is -2.16. The number of amides is 3. The number of hydrazone groups is 1. The monoisotopic (exact) mass is 477 g/mol. The van der Waals surface area contributed by atoms with E-state index in [0.717, 1.165) is 11.4 Å². The Hall–Kier alpha value is -4.17. The number of hydrogen-bond acceptors (Lipinski definition) is 5. The van der Waals surface area contributed by atoms with Gasteiger partial charge >= 0.3 is 11.8 Å². The van der Waals surface area contributed by atoms with Crippen LogP contribution >= 0.6 is 11.6 Å². The molecule has 3 aromatic rings. The van der Waals surface area contributed by atoms with Crippen LogP contribution in [-0.2, 0) is 14.4 Å². The molecule has 174 valence electrons. The second-order valence-corrected chi connectivity index (χ2v) is 7.86. The molecule has 0 aliphatic heterocycles. The summed E-state index contributed by atoms with van der Waals surface area (Å²) < 4.78 is 0. The van der Waals surface area contributed by atoms with E-state index in [2.05, 4.69) is 26.5 Å². The summed E-state index contributed by atoms with van der Waals surface area (Å²) in [5, 5.41) is 12.8. The number of nitrogens with one attached hydrogen (secondary N) is 4. The molecule has 4 N–H and O–H groups in total. The zero-order chi connectivity index (χ0) is 24.5. The molecule has 0 unspecified atom stereocenters. The summed E-state index contributed by atoms with van der Waals surface area (Å²) in [7, 11) is 0. The van der Waals surface area contributed by atoms with E-state index >= 15 is 0 Å². The SMILES string of the molecule is CC(CC(=O)Nc1ccc(Nc2ccccc2)cc1)=NNC(=O)C(=O)Nc1cccc(Cl)c1C. The first-order valence-corrected chi connectivity index (χ1v) is 10.8. The third-order valence-electron chi connectivity index (χ3n) is 4.72. The standard InChI is InChI=1S/C25H24ClN5O3/c1-16(30-31-25(34)24(33)29-22-10-6-9-21(26)17(22)2)15-23(32)28-20-13-11-19(12-14-20)27-18-7-4-3-5-8-18/h3-14,27H,15H2,1-2H3,(H,28,32)(H,29,33)(H,31,34). The highest BCUT2D eigenvalue weighted by Crippen LogP contribution is 2.23. The second kappa shape index (κ2) is 11.6. The summed E-state index contributed by atoms with van der Waals surface area (Å²) >= 11 is 6.01. The van der Waals surface area contributed by atoms with E-state index < -0.39 is 11.8 Å². The van der Waals surface area contributed by atoms with Crippen molar-refractivity contribution in [2.45, 2.75) is 20.3 Å². The number of para-hydroxylation sites is 1. The van der Waals surface area contributed by atoms with E-state index in [1.165, 1.54) is 0 Å². The van der Waals surface area contributed by atoms with E-state index in [4.69, 9.17) is 11.6 Å². The maximum Gasteiger partial charge on any atom is 0.329 e. The van der Waals surface area contributed by atoms with E-state index in [-0.39, 0.29) is 12.3 Å². The van der Waals surface area contributed by atoms with Gasteiger partial charge in [-0.05, 0) is 67.9 Å². The lowest BCUT2D eigenvalue weighted by molar-refractivity contribution is -0.136. The van der Waals surface area contributed by atoms with E-state index in [0.29, 0.717) is 27.7 Å². The lowest BCUT2D eigenvalue weighted by atomic mass is 10.2. The molecule has 3 aromatic carbocycles. The van der Waals surface area contributed by atoms with Gasteiger partial charge < -0.3 is 16.0 Å². The topological polar surface area (TPSA) is 112 Å². The predicted octanol–water partition coefficient (Wildman–Crippen LogP) is 4.85. The number of hydrogen-bond donors (Lipinski definition) is 4. The highest BCUT2D eigenvalue weighted by atomic mass is 35.5. The molecule has 3 amide bonds. The molecule has 9 heteroatoms. The van der Waals surface area contributed by atoms with Gasteiger partial charge in [0.2, 0.25) is 5.91 Å². The van der Waals surface area contributed by atoms with Crippen LogP contribution in [0.25, 0.3) is 0 Å². The fraction of sp³-hybridized carbons (Fsp3) is 0.120. The molecule has 0 spiro atoms. The van der Waals surface area contributed by atoms with Crippen LogP contribution in [0.2, 0.25) is 5.02 Å². The van der Waals surface area contributed by atoms with Gasteiger partial charge in [-0.3, -0.25) is 14.4 Å². The average molecular weight is 478 g/mol. The van der Waals surface area contributed by atoms with E-state index in [1.54, 1.807) is 44.2 Å². The molecule has 0 saturated carbocycles. The van der Waals surface area contributed by atoms with Crippen molar-refractivity contribution in [3.8, 4) is 0 Å². The molecule has 8 nitrogen and oxygen atoms in total. The molecule has 0 aliphatic carbocycles. The summed E-state index contributed by atoms with van der Waals surface area (Å²) in [4.78, 5) is 36.4. The van der Waals surface area contributed by atoms with E-state index in [1.807, 2.05) is 42.5 Å². The summed E-state index contributed by atoms with van der Waals surface area (Å²) in [5.41, 5.74) is 6.03. The highest BCUT2D eigenvalue weighted by Gasteiger charge is 2.15. The minimum atomic E-state index is -0.958. The number of benzene rings is 3. The number of halogens is 1. The van der Waals surface area contributed by atoms with Gasteiger partial charge in [-0.25, -0.2) is 5.43 Å². The van der Waals surface area contributed by atoms with Crippen molar-refractivity contribution >= 4 is 57.8 Å². The van der Waals surface area contributed by atoms with Crippen molar-refractivity contribution in [2.24, 2.45) is 5.10 Å². The van der Waals surface area contributed by atoms with Crippen LogP contribution in [0.3, 0.4) is 0 Å². The van der Waals surface area contributed by atoms with Crippen LogP contribution in [0.5, 0.6) is 0 Å². The number of anilines is 4. The average Bonchev–Trinajstić information content (AvgIpc) is 2.82. The van der Waals surface area contributed by atoms with Gasteiger partial charge in [-0.15, -0.1) is 0 Å². The molecule has 0 fully saturated rings. The maximum atomic E-state index is 12.3. The van der Waals surface area contributed by atoms with Crippen molar-refractivity contribution in [3.63, 3.8) is 0 Å². The number of rotatable bonds is 7. The minimum absolute atomic E-state index is 0.0562. The Morgan fingerprint density at radius 3 is 2.15 bits per heavy atom. The highest BCUT2D eigenvalue weighted by molar-refractivity contribution is 6.40. The summed E-state index contributed by atoms with van der Waals surface area (Å²) in [6.07, 6.45) is -0.0562. The Balaban J connectivity index is 1.47. The molecule has 0 aromatic heterocycles. The van der Waals surface area contributed by atoms with E-state index in [9.17, 15) is 14.4 Å². The Kier molecular flexibility index (Phi) is 8.37. The van der Waals surface area contributed by atoms with Gasteiger partial charge in [-0.2, -0.15) is 5.10 Å². The molecule has 0 saturated heterocycles. The van der Waals surface area contributed by atoms with Crippen molar-refractivity contribution in [3.05, 3.63) is 83.4 Å². The third-order valence-corrected chi connectivity index (χ3v) is 5.13. The van der Waals surface area contributed by atoms with Crippen LogP contribution in [0, 0.1) is 6.92 Å². The molecule has 0 aliphatic rings. The van der Waals surface area contributed by atoms with Gasteiger partial charge in [0, 0.05) is 33.5 Å². The molecular formula is C25H24ClN5O3. The van der Waals surface area contributed by atoms with Gasteiger partial charge in [0.15, 0.2) is 0 Å². The van der Waals surface area contributed by atoms with Crippen LogP contribution < -0.4 is 21.4 Å². The van der Waals surface area contributed by atoms with Gasteiger partial charge in [0.05, 0.1) is 6.42 Å². The molecular weight excluding hydrogens is 454 g/mol. The molecule has 34 heavy (non-hydrogen) atoms. The summed E-state index contributed by atoms with van der Waals surface area (Å²) in [6.45, 7) is 3.30. The predicted molar refractivity (Wildman–Crippen MR) is 135 cm³/mol. The number of carbonyl (C=O) groups is 3. The zero-order valence-electron chi connectivity index (χ0n) is 18.7. The van der Waals surface area contributed by atoms with Gasteiger partial charge in [0.1, 0.15) is 0 Å². The van der Waals surface area contributed by atoms with Crippen LogP contribution in [0.1, 0.15) is 18.9 Å². The van der Waals surface area contributed by atoms with Gasteiger partial charge in [-0.1, -0.05) is 35.9 Å². The fourth-order valence-electron chi connectivity index (χ4n) is 2.92. The molecule has 0 atom stereocenters. The molecule has 0 heterocycles. The summed E-state index contributed by atoms with van der Waals surface area (Å²) in [6, 6.07) is 22.0. The van der Waals surface area contributed by atoms with Crippen molar-refractivity contribution in [1.82, 2.24) is 5.43 Å². The zero-order valence-corrected chi connectivity index (χ0v) is 19.4. The van der Waals surface area contributed by atoms with Crippen LogP contribution in [-0.4, -0.2) is 23.4 Å². The lowest BCUT2D eigenvalue weighted by Gasteiger charge is -2.09. The van der Waals surface area contributed by atoms with Crippen molar-refractivity contribution in [1.29, 1.82) is 0 Å². The smallest absolute Gasteiger partial charge is 0.329 e. The number of carbonyl (C=O) groups excluding carboxylic acids is 3. The normalized spacial score (nSPS) is 10.9. The molecule has 3 rings (SSSR count). The first-order chi connectivity index (χ1) is 16.3. The van der Waals surface area contributed by atoms with Crippen molar-refractivity contribution in [2.75, 3.05) is 16.0 Å². The van der Waals surface area contributed by atoms with Crippen molar-refractivity contribution < 1.29 is 14.4 Å². The Bertz CT molecular complexity index is 1210. The Labute approximate surface area is 202 Å². The largest absolute Gasteiger partial charge is 0.356 e. The Morgan fingerprint density at radius 2 is 1.44 bits per heavy atom. The van der Waals surface area contributed by atoms with Gasteiger partial charge in [0.25, 0.3) is 0 Å². The molecule has 0 bridgehead atoms. The first kappa shape index (κ1) is 24.5.